The number of nitrogens with one attached hydrogen (secondary N) is 3. The SMILES string of the molecule is O=C(CNc1ccccc1OCc1ccccc1)Nc1ccc(C(=O)NCc2ccco2)cc1. The van der Waals surface area contributed by atoms with Gasteiger partial charge in [0.25, 0.3) is 5.91 Å². The van der Waals surface area contributed by atoms with Crippen LogP contribution in [0.1, 0.15) is 21.7 Å². The molecule has 3 N–H and O–H groups in total. The van der Waals surface area contributed by atoms with E-state index in [-0.39, 0.29) is 18.4 Å². The smallest absolute Gasteiger partial charge is 0.251 e. The number of hydrogen-bond acceptors (Lipinski definition) is 5. The second-order valence-corrected chi connectivity index (χ2v) is 7.51. The normalized spacial score (nSPS) is 10.4. The molecule has 0 unspecified atom stereocenters. The molecular weight excluding hydrogens is 430 g/mol. The summed E-state index contributed by atoms with van der Waals surface area (Å²) in [6, 6.07) is 27.6. The highest BCUT2D eigenvalue weighted by atomic mass is 16.5. The summed E-state index contributed by atoms with van der Waals surface area (Å²) in [5, 5.41) is 8.72. The number of anilines is 2. The van der Waals surface area contributed by atoms with Gasteiger partial charge in [-0.15, -0.1) is 0 Å². The second kappa shape index (κ2) is 11.4. The van der Waals surface area contributed by atoms with Gasteiger partial charge >= 0.3 is 0 Å². The molecule has 0 fully saturated rings. The molecule has 7 nitrogen and oxygen atoms in total. The molecule has 0 aliphatic carbocycles. The van der Waals surface area contributed by atoms with Crippen molar-refractivity contribution in [3.8, 4) is 5.75 Å². The highest BCUT2D eigenvalue weighted by Crippen LogP contribution is 2.24. The Morgan fingerprint density at radius 2 is 1.59 bits per heavy atom. The van der Waals surface area contributed by atoms with Gasteiger partial charge in [-0.05, 0) is 54.1 Å². The van der Waals surface area contributed by atoms with E-state index in [2.05, 4.69) is 16.0 Å². The molecule has 172 valence electrons. The first kappa shape index (κ1) is 22.7. The van der Waals surface area contributed by atoms with E-state index < -0.39 is 0 Å². The maximum Gasteiger partial charge on any atom is 0.251 e. The van der Waals surface area contributed by atoms with Gasteiger partial charge in [-0.3, -0.25) is 9.59 Å². The Labute approximate surface area is 197 Å². The van der Waals surface area contributed by atoms with Gasteiger partial charge in [0, 0.05) is 11.3 Å². The van der Waals surface area contributed by atoms with E-state index in [1.54, 1.807) is 42.7 Å². The van der Waals surface area contributed by atoms with Crippen LogP contribution < -0.4 is 20.7 Å². The van der Waals surface area contributed by atoms with Crippen LogP contribution >= 0.6 is 0 Å². The minimum Gasteiger partial charge on any atom is -0.487 e. The van der Waals surface area contributed by atoms with E-state index in [0.29, 0.717) is 35.9 Å². The van der Waals surface area contributed by atoms with E-state index in [1.165, 1.54) is 0 Å². The third kappa shape index (κ3) is 6.49. The van der Waals surface area contributed by atoms with Gasteiger partial charge in [0.1, 0.15) is 18.1 Å². The number of rotatable bonds is 10. The van der Waals surface area contributed by atoms with Crippen LogP contribution in [-0.2, 0) is 17.9 Å². The van der Waals surface area contributed by atoms with Gasteiger partial charge in [-0.2, -0.15) is 0 Å². The predicted molar refractivity (Wildman–Crippen MR) is 131 cm³/mol. The first-order chi connectivity index (χ1) is 16.7. The number of para-hydroxylation sites is 2. The van der Waals surface area contributed by atoms with E-state index >= 15 is 0 Å². The topological polar surface area (TPSA) is 92.6 Å². The lowest BCUT2D eigenvalue weighted by molar-refractivity contribution is -0.114. The molecular formula is C27H25N3O4. The number of hydrogen-bond donors (Lipinski definition) is 3. The van der Waals surface area contributed by atoms with Crippen molar-refractivity contribution in [2.24, 2.45) is 0 Å². The van der Waals surface area contributed by atoms with Crippen molar-refractivity contribution in [1.82, 2.24) is 5.32 Å². The van der Waals surface area contributed by atoms with Crippen molar-refractivity contribution < 1.29 is 18.7 Å². The molecule has 2 amide bonds. The van der Waals surface area contributed by atoms with E-state index in [9.17, 15) is 9.59 Å². The third-order valence-corrected chi connectivity index (χ3v) is 5.00. The summed E-state index contributed by atoms with van der Waals surface area (Å²) < 4.78 is 11.1. The van der Waals surface area contributed by atoms with Crippen LogP contribution in [0.4, 0.5) is 11.4 Å². The summed E-state index contributed by atoms with van der Waals surface area (Å²) in [5.41, 5.74) is 2.89. The Morgan fingerprint density at radius 3 is 2.35 bits per heavy atom. The molecule has 1 aromatic heterocycles. The molecule has 0 radical (unpaired) electrons. The van der Waals surface area contributed by atoms with Crippen molar-refractivity contribution in [3.63, 3.8) is 0 Å². The Bertz CT molecular complexity index is 1210. The zero-order valence-electron chi connectivity index (χ0n) is 18.5. The molecule has 0 saturated heterocycles. The Kier molecular flexibility index (Phi) is 7.58. The Morgan fingerprint density at radius 1 is 0.824 bits per heavy atom. The average Bonchev–Trinajstić information content (AvgIpc) is 3.40. The van der Waals surface area contributed by atoms with Crippen LogP contribution in [0.15, 0.2) is 102 Å². The van der Waals surface area contributed by atoms with E-state index in [4.69, 9.17) is 9.15 Å². The number of carbonyl (C=O) groups excluding carboxylic acids is 2. The lowest BCUT2D eigenvalue weighted by Crippen LogP contribution is -2.23. The highest BCUT2D eigenvalue weighted by molar-refractivity contribution is 5.96. The largest absolute Gasteiger partial charge is 0.487 e. The number of furan rings is 1. The molecule has 4 aromatic rings. The molecule has 34 heavy (non-hydrogen) atoms. The first-order valence-electron chi connectivity index (χ1n) is 10.9. The number of carbonyl (C=O) groups is 2. The maximum absolute atomic E-state index is 12.4. The number of amides is 2. The van der Waals surface area contributed by atoms with Gasteiger partial charge < -0.3 is 25.1 Å². The zero-order valence-corrected chi connectivity index (χ0v) is 18.5. The number of ether oxygens (including phenoxy) is 1. The summed E-state index contributed by atoms with van der Waals surface area (Å²) in [4.78, 5) is 24.7. The lowest BCUT2D eigenvalue weighted by atomic mass is 10.2. The monoisotopic (exact) mass is 455 g/mol. The quantitative estimate of drug-likeness (QED) is 0.318. The van der Waals surface area contributed by atoms with Crippen molar-refractivity contribution >= 4 is 23.2 Å². The molecule has 3 aromatic carbocycles. The molecule has 0 atom stereocenters. The van der Waals surface area contributed by atoms with Crippen LogP contribution in [0.3, 0.4) is 0 Å². The van der Waals surface area contributed by atoms with Gasteiger partial charge in [-0.25, -0.2) is 0 Å². The summed E-state index contributed by atoms with van der Waals surface area (Å²) in [7, 11) is 0. The van der Waals surface area contributed by atoms with Gasteiger partial charge in [0.2, 0.25) is 5.91 Å². The first-order valence-corrected chi connectivity index (χ1v) is 10.9. The number of benzene rings is 3. The van der Waals surface area contributed by atoms with Crippen LogP contribution in [-0.4, -0.2) is 18.4 Å². The molecule has 0 spiro atoms. The summed E-state index contributed by atoms with van der Waals surface area (Å²) in [6.07, 6.45) is 1.56. The second-order valence-electron chi connectivity index (χ2n) is 7.51. The van der Waals surface area contributed by atoms with Crippen molar-refractivity contribution in [2.45, 2.75) is 13.2 Å². The van der Waals surface area contributed by atoms with Crippen LogP contribution in [0, 0.1) is 0 Å². The van der Waals surface area contributed by atoms with Crippen LogP contribution in [0.2, 0.25) is 0 Å². The fraction of sp³-hybridized carbons (Fsp3) is 0.111. The molecule has 0 aliphatic heterocycles. The van der Waals surface area contributed by atoms with Crippen molar-refractivity contribution in [3.05, 3.63) is 114 Å². The van der Waals surface area contributed by atoms with Crippen molar-refractivity contribution in [2.75, 3.05) is 17.2 Å². The Balaban J connectivity index is 1.26. The maximum atomic E-state index is 12.4. The summed E-state index contributed by atoms with van der Waals surface area (Å²) in [5.74, 6) is 0.914. The molecule has 1 heterocycles. The summed E-state index contributed by atoms with van der Waals surface area (Å²) >= 11 is 0. The molecule has 0 bridgehead atoms. The molecule has 4 rings (SSSR count). The fourth-order valence-corrected chi connectivity index (χ4v) is 3.24. The minimum atomic E-state index is -0.219. The molecule has 7 heteroatoms. The summed E-state index contributed by atoms with van der Waals surface area (Å²) in [6.45, 7) is 0.816. The van der Waals surface area contributed by atoms with Crippen molar-refractivity contribution in [1.29, 1.82) is 0 Å². The average molecular weight is 456 g/mol. The molecule has 0 aliphatic rings. The lowest BCUT2D eigenvalue weighted by Gasteiger charge is -2.13. The Hall–Kier alpha value is -4.52. The fourth-order valence-electron chi connectivity index (χ4n) is 3.24. The predicted octanol–water partition coefficient (Wildman–Crippen LogP) is 4.84. The zero-order chi connectivity index (χ0) is 23.6. The van der Waals surface area contributed by atoms with Gasteiger partial charge in [0.05, 0.1) is 25.0 Å². The standard InChI is InChI=1S/C27H25N3O4/c31-26(18-28-24-10-4-5-11-25(24)34-19-20-7-2-1-3-8-20)30-22-14-12-21(13-15-22)27(32)29-17-23-9-6-16-33-23/h1-16,28H,17-19H2,(H,29,32)(H,30,31). The van der Waals surface area contributed by atoms with Gasteiger partial charge in [0.15, 0.2) is 0 Å². The van der Waals surface area contributed by atoms with Gasteiger partial charge in [-0.1, -0.05) is 42.5 Å². The molecule has 0 saturated carbocycles. The van der Waals surface area contributed by atoms with Crippen LogP contribution in [0.5, 0.6) is 5.75 Å². The highest BCUT2D eigenvalue weighted by Gasteiger charge is 2.09. The van der Waals surface area contributed by atoms with E-state index in [0.717, 1.165) is 11.3 Å². The van der Waals surface area contributed by atoms with E-state index in [1.807, 2.05) is 54.6 Å². The minimum absolute atomic E-state index is 0.0666. The third-order valence-electron chi connectivity index (χ3n) is 5.00. The van der Waals surface area contributed by atoms with Crippen LogP contribution in [0.25, 0.3) is 0 Å².